The summed E-state index contributed by atoms with van der Waals surface area (Å²) in [4.78, 5) is 0. The van der Waals surface area contributed by atoms with E-state index in [1.165, 1.54) is 19.3 Å². The summed E-state index contributed by atoms with van der Waals surface area (Å²) in [5, 5.41) is 16.3. The molecule has 0 bridgehead atoms. The normalized spacial score (nSPS) is 23.8. The fraction of sp³-hybridized carbons (Fsp3) is 0.533. The van der Waals surface area contributed by atoms with Crippen molar-refractivity contribution in [3.8, 4) is 11.5 Å². The Morgan fingerprint density at radius 2 is 2.00 bits per heavy atom. The van der Waals surface area contributed by atoms with Crippen LogP contribution >= 0.6 is 0 Å². The molecule has 0 aromatic heterocycles. The van der Waals surface area contributed by atoms with Crippen LogP contribution in [0.25, 0.3) is 0 Å². The van der Waals surface area contributed by atoms with Crippen LogP contribution in [0.15, 0.2) is 23.3 Å². The Hall–Kier alpha value is -1.71. The van der Waals surface area contributed by atoms with Crippen molar-refractivity contribution in [2.75, 3.05) is 7.11 Å². The number of nitrogens with zero attached hydrogens (tertiary/aromatic N) is 2. The summed E-state index contributed by atoms with van der Waals surface area (Å²) in [6, 6.07) is 6.22. The zero-order chi connectivity index (χ0) is 13.8. The molecule has 1 saturated heterocycles. The van der Waals surface area contributed by atoms with Gasteiger partial charge in [0, 0.05) is 12.1 Å². The molecule has 1 fully saturated rings. The Labute approximate surface area is 114 Å². The van der Waals surface area contributed by atoms with Crippen LogP contribution in [0.2, 0.25) is 0 Å². The maximum absolute atomic E-state index is 9.56. The van der Waals surface area contributed by atoms with E-state index in [1.54, 1.807) is 19.2 Å². The van der Waals surface area contributed by atoms with Gasteiger partial charge in [0.05, 0.1) is 13.3 Å². The van der Waals surface area contributed by atoms with Crippen LogP contribution in [-0.2, 0) is 0 Å². The Morgan fingerprint density at radius 1 is 1.32 bits per heavy atom. The number of phenols is 1. The highest BCUT2D eigenvalue weighted by atomic mass is 16.5. The van der Waals surface area contributed by atoms with Crippen molar-refractivity contribution in [3.05, 3.63) is 23.8 Å². The Balaban J connectivity index is 2.13. The molecule has 0 spiro atoms. The van der Waals surface area contributed by atoms with Gasteiger partial charge in [-0.15, -0.1) is 0 Å². The summed E-state index contributed by atoms with van der Waals surface area (Å²) in [6.07, 6.45) is 5.50. The molecular weight excluding hydrogens is 240 g/mol. The number of benzene rings is 1. The van der Waals surface area contributed by atoms with E-state index in [2.05, 4.69) is 24.0 Å². The Bertz CT molecular complexity index is 449. The molecule has 0 amide bonds. The number of piperidine rings is 1. The summed E-state index contributed by atoms with van der Waals surface area (Å²) in [5.74, 6) is 0.628. The Morgan fingerprint density at radius 3 is 2.63 bits per heavy atom. The molecule has 2 rings (SSSR count). The highest BCUT2D eigenvalue weighted by Gasteiger charge is 2.22. The topological polar surface area (TPSA) is 45.1 Å². The molecule has 1 heterocycles. The van der Waals surface area contributed by atoms with Gasteiger partial charge < -0.3 is 9.84 Å². The second kappa shape index (κ2) is 5.95. The first kappa shape index (κ1) is 13.7. The van der Waals surface area contributed by atoms with E-state index in [1.807, 2.05) is 12.3 Å². The first-order chi connectivity index (χ1) is 9.11. The molecule has 104 valence electrons. The van der Waals surface area contributed by atoms with Gasteiger partial charge in [0.1, 0.15) is 0 Å². The van der Waals surface area contributed by atoms with Crippen LogP contribution in [0.5, 0.6) is 11.5 Å². The molecule has 1 N–H and O–H groups in total. The molecule has 4 nitrogen and oxygen atoms in total. The highest BCUT2D eigenvalue weighted by molar-refractivity contribution is 5.80. The van der Waals surface area contributed by atoms with Gasteiger partial charge in [-0.3, -0.25) is 5.01 Å². The summed E-state index contributed by atoms with van der Waals surface area (Å²) in [6.45, 7) is 4.43. The predicted octanol–water partition coefficient (Wildman–Crippen LogP) is 3.00. The van der Waals surface area contributed by atoms with Crippen LogP contribution in [0.4, 0.5) is 0 Å². The summed E-state index contributed by atoms with van der Waals surface area (Å²) in [7, 11) is 1.55. The maximum atomic E-state index is 9.56. The van der Waals surface area contributed by atoms with E-state index in [4.69, 9.17) is 4.74 Å². The maximum Gasteiger partial charge on any atom is 0.161 e. The van der Waals surface area contributed by atoms with E-state index < -0.39 is 0 Å². The third kappa shape index (κ3) is 3.19. The lowest BCUT2D eigenvalue weighted by Crippen LogP contribution is -2.39. The molecule has 1 aliphatic rings. The van der Waals surface area contributed by atoms with E-state index in [0.29, 0.717) is 17.8 Å². The summed E-state index contributed by atoms with van der Waals surface area (Å²) < 4.78 is 5.09. The van der Waals surface area contributed by atoms with Gasteiger partial charge in [-0.05, 0) is 56.9 Å². The number of ether oxygens (including phenoxy) is 1. The highest BCUT2D eigenvalue weighted by Crippen LogP contribution is 2.26. The number of rotatable bonds is 3. The fourth-order valence-electron chi connectivity index (χ4n) is 2.54. The molecule has 4 heteroatoms. The fourth-order valence-corrected chi connectivity index (χ4v) is 2.54. The lowest BCUT2D eigenvalue weighted by Gasteiger charge is -2.36. The van der Waals surface area contributed by atoms with Crippen molar-refractivity contribution in [1.82, 2.24) is 5.01 Å². The molecule has 0 saturated carbocycles. The molecule has 19 heavy (non-hydrogen) atoms. The molecular formula is C15H22N2O2. The van der Waals surface area contributed by atoms with Crippen LogP contribution in [-0.4, -0.2) is 35.5 Å². The third-order valence-electron chi connectivity index (χ3n) is 3.69. The minimum absolute atomic E-state index is 0.152. The molecule has 1 aromatic carbocycles. The zero-order valence-electron chi connectivity index (χ0n) is 11.8. The molecule has 2 atom stereocenters. The van der Waals surface area contributed by atoms with Gasteiger partial charge in [0.2, 0.25) is 0 Å². The summed E-state index contributed by atoms with van der Waals surface area (Å²) >= 11 is 0. The van der Waals surface area contributed by atoms with E-state index in [-0.39, 0.29) is 5.75 Å². The number of hydrazone groups is 1. The molecule has 0 aliphatic carbocycles. The number of hydrogen-bond acceptors (Lipinski definition) is 4. The van der Waals surface area contributed by atoms with Gasteiger partial charge in [0.25, 0.3) is 0 Å². The van der Waals surface area contributed by atoms with Crippen molar-refractivity contribution in [1.29, 1.82) is 0 Å². The van der Waals surface area contributed by atoms with Gasteiger partial charge >= 0.3 is 0 Å². The third-order valence-corrected chi connectivity index (χ3v) is 3.69. The van der Waals surface area contributed by atoms with Crippen molar-refractivity contribution >= 4 is 6.21 Å². The van der Waals surface area contributed by atoms with Gasteiger partial charge in [-0.25, -0.2) is 0 Å². The van der Waals surface area contributed by atoms with Crippen LogP contribution in [0, 0.1) is 0 Å². The van der Waals surface area contributed by atoms with E-state index >= 15 is 0 Å². The van der Waals surface area contributed by atoms with Crippen molar-refractivity contribution in [2.45, 2.75) is 45.2 Å². The number of phenolic OH excluding ortho intramolecular Hbond substituents is 1. The van der Waals surface area contributed by atoms with E-state index in [0.717, 1.165) is 5.56 Å². The van der Waals surface area contributed by atoms with Crippen molar-refractivity contribution in [3.63, 3.8) is 0 Å². The van der Waals surface area contributed by atoms with Crippen LogP contribution in [0.1, 0.15) is 38.7 Å². The number of aromatic hydroxyl groups is 1. The smallest absolute Gasteiger partial charge is 0.161 e. The molecule has 0 unspecified atom stereocenters. The molecule has 0 radical (unpaired) electrons. The number of hydrogen-bond donors (Lipinski definition) is 1. The van der Waals surface area contributed by atoms with Gasteiger partial charge in [0.15, 0.2) is 11.5 Å². The van der Waals surface area contributed by atoms with Crippen molar-refractivity contribution in [2.24, 2.45) is 5.10 Å². The van der Waals surface area contributed by atoms with Gasteiger partial charge in [-0.1, -0.05) is 0 Å². The lowest BCUT2D eigenvalue weighted by atomic mass is 10.00. The zero-order valence-corrected chi connectivity index (χ0v) is 11.8. The minimum Gasteiger partial charge on any atom is -0.504 e. The summed E-state index contributed by atoms with van der Waals surface area (Å²) in [5.41, 5.74) is 0.930. The first-order valence-corrected chi connectivity index (χ1v) is 6.81. The quantitative estimate of drug-likeness (QED) is 0.852. The molecule has 1 aliphatic heterocycles. The lowest BCUT2D eigenvalue weighted by molar-refractivity contribution is 0.109. The average molecular weight is 262 g/mol. The monoisotopic (exact) mass is 262 g/mol. The SMILES string of the molecule is COc1cc(/C=N/N2[C@@H](C)CCC[C@@H]2C)ccc1O. The largest absolute Gasteiger partial charge is 0.504 e. The van der Waals surface area contributed by atoms with Crippen LogP contribution < -0.4 is 4.74 Å². The van der Waals surface area contributed by atoms with E-state index in [9.17, 15) is 5.11 Å². The Kier molecular flexibility index (Phi) is 4.30. The minimum atomic E-state index is 0.152. The van der Waals surface area contributed by atoms with Crippen molar-refractivity contribution < 1.29 is 9.84 Å². The van der Waals surface area contributed by atoms with Crippen LogP contribution in [0.3, 0.4) is 0 Å². The first-order valence-electron chi connectivity index (χ1n) is 6.81. The predicted molar refractivity (Wildman–Crippen MR) is 76.9 cm³/mol. The second-order valence-corrected chi connectivity index (χ2v) is 5.18. The molecule has 1 aromatic rings. The number of methoxy groups -OCH3 is 1. The second-order valence-electron chi connectivity index (χ2n) is 5.18. The average Bonchev–Trinajstić information content (AvgIpc) is 2.40. The van der Waals surface area contributed by atoms with Gasteiger partial charge in [-0.2, -0.15) is 5.10 Å². The standard InChI is InChI=1S/C15H22N2O2/c1-11-5-4-6-12(2)17(11)16-10-13-7-8-14(18)15(9-13)19-3/h7-12,18H,4-6H2,1-3H3/b16-10+/t11-,12-/m0/s1.